The van der Waals surface area contributed by atoms with E-state index in [2.05, 4.69) is 15.3 Å². The predicted octanol–water partition coefficient (Wildman–Crippen LogP) is 4.27. The largest absolute Gasteiger partial charge is 0.484 e. The molecule has 152 valence electrons. The van der Waals surface area contributed by atoms with Gasteiger partial charge in [-0.25, -0.2) is 9.97 Å². The Hall–Kier alpha value is -4.19. The fourth-order valence-corrected chi connectivity index (χ4v) is 3.46. The lowest BCUT2D eigenvalue weighted by Gasteiger charge is -2.09. The molecule has 3 aromatic carbocycles. The number of pyridine rings is 1. The summed E-state index contributed by atoms with van der Waals surface area (Å²) in [4.78, 5) is 21.1. The monoisotopic (exact) mass is 408 g/mol. The Morgan fingerprint density at radius 1 is 0.903 bits per heavy atom. The Kier molecular flexibility index (Phi) is 5.02. The Bertz CT molecular complexity index is 1360. The number of hydrogen-bond donors (Lipinski definition) is 1. The van der Waals surface area contributed by atoms with Crippen molar-refractivity contribution in [2.75, 3.05) is 6.61 Å². The summed E-state index contributed by atoms with van der Waals surface area (Å²) in [5, 5.41) is 5.09. The lowest BCUT2D eigenvalue weighted by atomic mass is 10.1. The Labute approximate surface area is 179 Å². The summed E-state index contributed by atoms with van der Waals surface area (Å²) in [6.07, 6.45) is 3.52. The van der Waals surface area contributed by atoms with Crippen LogP contribution in [0, 0.1) is 0 Å². The van der Waals surface area contributed by atoms with Crippen LogP contribution >= 0.6 is 0 Å². The van der Waals surface area contributed by atoms with Crippen LogP contribution in [0.15, 0.2) is 91.4 Å². The molecule has 1 amide bonds. The maximum absolute atomic E-state index is 12.2. The smallest absolute Gasteiger partial charge is 0.258 e. The third-order valence-corrected chi connectivity index (χ3v) is 5.09. The van der Waals surface area contributed by atoms with Gasteiger partial charge in [0, 0.05) is 12.7 Å². The standard InChI is InChI=1S/C25H20N4O2/c30-25(16-31-21-11-10-19-5-1-2-6-20(19)13-21)27-15-18-9-12-24(26-14-18)29-17-28-22-7-3-4-8-23(22)29/h1-14,17H,15-16H2,(H,27,30). The minimum absolute atomic E-state index is 0.0368. The maximum Gasteiger partial charge on any atom is 0.258 e. The third-order valence-electron chi connectivity index (χ3n) is 5.09. The number of nitrogens with zero attached hydrogens (tertiary/aromatic N) is 3. The number of imidazole rings is 1. The van der Waals surface area contributed by atoms with E-state index in [-0.39, 0.29) is 12.5 Å². The molecule has 6 heteroatoms. The van der Waals surface area contributed by atoms with Gasteiger partial charge in [0.15, 0.2) is 6.61 Å². The molecule has 0 unspecified atom stereocenters. The topological polar surface area (TPSA) is 69.0 Å². The molecule has 0 aliphatic carbocycles. The van der Waals surface area contributed by atoms with Crippen LogP contribution < -0.4 is 10.1 Å². The average Bonchev–Trinajstić information content (AvgIpc) is 3.26. The van der Waals surface area contributed by atoms with Gasteiger partial charge in [-0.05, 0) is 46.7 Å². The molecule has 0 spiro atoms. The average molecular weight is 408 g/mol. The number of amides is 1. The third kappa shape index (κ3) is 4.09. The predicted molar refractivity (Wildman–Crippen MR) is 120 cm³/mol. The highest BCUT2D eigenvalue weighted by molar-refractivity contribution is 5.84. The van der Waals surface area contributed by atoms with E-state index in [1.54, 1.807) is 12.5 Å². The molecule has 0 bridgehead atoms. The number of aromatic nitrogens is 3. The minimum Gasteiger partial charge on any atom is -0.484 e. The van der Waals surface area contributed by atoms with E-state index in [1.165, 1.54) is 0 Å². The van der Waals surface area contributed by atoms with Crippen molar-refractivity contribution in [3.63, 3.8) is 0 Å². The molecular formula is C25H20N4O2. The quantitative estimate of drug-likeness (QED) is 0.456. The molecule has 0 aliphatic rings. The highest BCUT2D eigenvalue weighted by Crippen LogP contribution is 2.20. The molecule has 1 N–H and O–H groups in total. The number of hydrogen-bond acceptors (Lipinski definition) is 4. The molecule has 0 atom stereocenters. The van der Waals surface area contributed by atoms with Crippen LogP contribution in [0.4, 0.5) is 0 Å². The van der Waals surface area contributed by atoms with Crippen LogP contribution in [0.2, 0.25) is 0 Å². The fraction of sp³-hybridized carbons (Fsp3) is 0.0800. The Morgan fingerprint density at radius 3 is 2.61 bits per heavy atom. The van der Waals surface area contributed by atoms with Crippen LogP contribution in [0.1, 0.15) is 5.56 Å². The summed E-state index contributed by atoms with van der Waals surface area (Å²) in [7, 11) is 0. The van der Waals surface area contributed by atoms with Gasteiger partial charge in [0.25, 0.3) is 5.91 Å². The summed E-state index contributed by atoms with van der Waals surface area (Å²) in [6, 6.07) is 25.6. The van der Waals surface area contributed by atoms with E-state index >= 15 is 0 Å². The first-order valence-corrected chi connectivity index (χ1v) is 10.0. The second-order valence-corrected chi connectivity index (χ2v) is 7.20. The van der Waals surface area contributed by atoms with Gasteiger partial charge in [0.1, 0.15) is 17.9 Å². The summed E-state index contributed by atoms with van der Waals surface area (Å²) >= 11 is 0. The molecule has 5 rings (SSSR count). The molecule has 2 aromatic heterocycles. The van der Waals surface area contributed by atoms with Crippen molar-refractivity contribution in [3.8, 4) is 11.6 Å². The van der Waals surface area contributed by atoms with Crippen molar-refractivity contribution >= 4 is 27.7 Å². The number of nitrogens with one attached hydrogen (secondary N) is 1. The zero-order chi connectivity index (χ0) is 21.0. The van der Waals surface area contributed by atoms with E-state index in [4.69, 9.17) is 4.74 Å². The summed E-state index contributed by atoms with van der Waals surface area (Å²) < 4.78 is 7.57. The number of para-hydroxylation sites is 2. The first-order valence-electron chi connectivity index (χ1n) is 10.0. The van der Waals surface area contributed by atoms with Crippen LogP contribution in [0.3, 0.4) is 0 Å². The number of fused-ring (bicyclic) bond motifs is 2. The molecule has 0 saturated heterocycles. The Balaban J connectivity index is 1.17. The lowest BCUT2D eigenvalue weighted by molar-refractivity contribution is -0.123. The fourth-order valence-electron chi connectivity index (χ4n) is 3.46. The summed E-state index contributed by atoms with van der Waals surface area (Å²) in [6.45, 7) is 0.350. The molecule has 2 heterocycles. The van der Waals surface area contributed by atoms with E-state index < -0.39 is 0 Å². The molecular weight excluding hydrogens is 388 g/mol. The molecule has 0 radical (unpaired) electrons. The van der Waals surface area contributed by atoms with Gasteiger partial charge in [-0.2, -0.15) is 0 Å². The van der Waals surface area contributed by atoms with Crippen molar-refractivity contribution in [3.05, 3.63) is 97.0 Å². The molecule has 0 aliphatic heterocycles. The van der Waals surface area contributed by atoms with E-state index in [0.29, 0.717) is 12.3 Å². The van der Waals surface area contributed by atoms with E-state index in [0.717, 1.165) is 33.2 Å². The number of benzene rings is 3. The molecule has 31 heavy (non-hydrogen) atoms. The number of ether oxygens (including phenoxy) is 1. The van der Waals surface area contributed by atoms with Gasteiger partial charge < -0.3 is 10.1 Å². The van der Waals surface area contributed by atoms with Gasteiger partial charge >= 0.3 is 0 Å². The van der Waals surface area contributed by atoms with Crippen molar-refractivity contribution in [1.29, 1.82) is 0 Å². The van der Waals surface area contributed by atoms with Gasteiger partial charge in [-0.15, -0.1) is 0 Å². The van der Waals surface area contributed by atoms with E-state index in [9.17, 15) is 4.79 Å². The first-order chi connectivity index (χ1) is 15.3. The van der Waals surface area contributed by atoms with Gasteiger partial charge in [0.05, 0.1) is 11.0 Å². The maximum atomic E-state index is 12.2. The van der Waals surface area contributed by atoms with E-state index in [1.807, 2.05) is 83.4 Å². The number of carbonyl (C=O) groups excluding carboxylic acids is 1. The highest BCUT2D eigenvalue weighted by Gasteiger charge is 2.07. The zero-order valence-corrected chi connectivity index (χ0v) is 16.7. The molecule has 0 saturated carbocycles. The van der Waals surface area contributed by atoms with Crippen LogP contribution in [-0.4, -0.2) is 27.0 Å². The SMILES string of the molecule is O=C(COc1ccc2ccccc2c1)NCc1ccc(-n2cnc3ccccc32)nc1. The van der Waals surface area contributed by atoms with Gasteiger partial charge in [-0.1, -0.05) is 48.5 Å². The number of carbonyl (C=O) groups is 1. The minimum atomic E-state index is -0.183. The first kappa shape index (κ1) is 18.8. The summed E-state index contributed by atoms with van der Waals surface area (Å²) in [5.74, 6) is 1.27. The normalized spacial score (nSPS) is 11.0. The molecule has 5 aromatic rings. The highest BCUT2D eigenvalue weighted by atomic mass is 16.5. The zero-order valence-electron chi connectivity index (χ0n) is 16.7. The van der Waals surface area contributed by atoms with Crippen molar-refractivity contribution in [1.82, 2.24) is 19.9 Å². The molecule has 6 nitrogen and oxygen atoms in total. The second kappa shape index (κ2) is 8.28. The van der Waals surface area contributed by atoms with Crippen LogP contribution in [-0.2, 0) is 11.3 Å². The van der Waals surface area contributed by atoms with Crippen molar-refractivity contribution in [2.24, 2.45) is 0 Å². The van der Waals surface area contributed by atoms with Gasteiger partial charge in [0.2, 0.25) is 0 Å². The van der Waals surface area contributed by atoms with Crippen molar-refractivity contribution in [2.45, 2.75) is 6.54 Å². The van der Waals surface area contributed by atoms with Gasteiger partial charge in [-0.3, -0.25) is 9.36 Å². The Morgan fingerprint density at radius 2 is 1.74 bits per heavy atom. The number of rotatable bonds is 6. The lowest BCUT2D eigenvalue weighted by Crippen LogP contribution is -2.28. The van der Waals surface area contributed by atoms with Crippen LogP contribution in [0.5, 0.6) is 5.75 Å². The second-order valence-electron chi connectivity index (χ2n) is 7.20. The molecule has 0 fully saturated rings. The summed E-state index contributed by atoms with van der Waals surface area (Å²) in [5.41, 5.74) is 2.83. The van der Waals surface area contributed by atoms with Crippen LogP contribution in [0.25, 0.3) is 27.6 Å². The van der Waals surface area contributed by atoms with Crippen molar-refractivity contribution < 1.29 is 9.53 Å².